The average Bonchev–Trinajstić information content (AvgIpc) is 2.97. The molecular formula is C29H41N7O4S. The Balaban J connectivity index is 1.72. The minimum absolute atomic E-state index is 0.0387. The number of benzene rings is 2. The van der Waals surface area contributed by atoms with E-state index in [9.17, 15) is 18.6 Å². The number of hydrogen-bond donors (Lipinski definition) is 6. The molecular weight excluding hydrogens is 542 g/mol. The second-order valence-electron chi connectivity index (χ2n) is 10.2. The second-order valence-corrected chi connectivity index (χ2v) is 11.5. The maximum Gasteiger partial charge on any atom is 0.241 e. The molecule has 0 radical (unpaired) electrons. The zero-order chi connectivity index (χ0) is 29.8. The van der Waals surface area contributed by atoms with Crippen molar-refractivity contribution in [2.45, 2.75) is 55.9 Å². The number of amides is 3. The standard InChI is InChI=1S/C29H41N7O4S/c1-33-26(37)10-3-5-20-12-15-36(16-13-20)29(39)25(18-21-6-2-7-22(17-21)28(31)32)35-41(40)24-9-4-8-23(19-24)34-27(38)11-14-30/h2,4,6-9,17,19-20,25,35H,3,5,10-16,18,30H2,1H3,(H3,31,32)(H,33,37)(H,34,38)/t25-,41?/m0/s1. The van der Waals surface area contributed by atoms with Gasteiger partial charge in [-0.3, -0.25) is 19.8 Å². The average molecular weight is 584 g/mol. The van der Waals surface area contributed by atoms with E-state index in [1.54, 1.807) is 49.5 Å². The smallest absolute Gasteiger partial charge is 0.241 e. The van der Waals surface area contributed by atoms with Gasteiger partial charge in [-0.15, -0.1) is 0 Å². The van der Waals surface area contributed by atoms with Crippen molar-refractivity contribution in [3.05, 3.63) is 59.7 Å². The van der Waals surface area contributed by atoms with Crippen molar-refractivity contribution >= 4 is 40.2 Å². The van der Waals surface area contributed by atoms with Gasteiger partial charge in [-0.2, -0.15) is 0 Å². The molecule has 1 unspecified atom stereocenters. The molecule has 0 bridgehead atoms. The summed E-state index contributed by atoms with van der Waals surface area (Å²) >= 11 is 0. The van der Waals surface area contributed by atoms with Crippen LogP contribution in [0, 0.1) is 11.3 Å². The highest BCUT2D eigenvalue weighted by molar-refractivity contribution is 7.83. The fourth-order valence-electron chi connectivity index (χ4n) is 4.86. The lowest BCUT2D eigenvalue weighted by atomic mass is 9.91. The maximum absolute atomic E-state index is 13.8. The van der Waals surface area contributed by atoms with E-state index < -0.39 is 17.0 Å². The molecule has 2 atom stereocenters. The number of rotatable bonds is 14. The Hall–Kier alpha value is -3.61. The minimum Gasteiger partial charge on any atom is -0.384 e. The van der Waals surface area contributed by atoms with Crippen LogP contribution in [0.1, 0.15) is 49.7 Å². The van der Waals surface area contributed by atoms with E-state index in [0.29, 0.717) is 41.6 Å². The molecule has 0 aromatic heterocycles. The molecule has 1 aliphatic heterocycles. The van der Waals surface area contributed by atoms with Crippen molar-refractivity contribution in [3.8, 4) is 0 Å². The van der Waals surface area contributed by atoms with E-state index in [1.807, 2.05) is 11.0 Å². The molecule has 8 N–H and O–H groups in total. The number of nitrogens with two attached hydrogens (primary N) is 2. The number of nitrogen functional groups attached to an aromatic ring is 1. The van der Waals surface area contributed by atoms with Gasteiger partial charge in [0, 0.05) is 50.8 Å². The molecule has 0 spiro atoms. The zero-order valence-electron chi connectivity index (χ0n) is 23.5. The first-order valence-electron chi connectivity index (χ1n) is 13.9. The topological polar surface area (TPSA) is 184 Å². The minimum atomic E-state index is -1.75. The van der Waals surface area contributed by atoms with E-state index in [1.165, 1.54) is 0 Å². The second kappa shape index (κ2) is 16.0. The van der Waals surface area contributed by atoms with Crippen LogP contribution in [-0.2, 0) is 31.8 Å². The summed E-state index contributed by atoms with van der Waals surface area (Å²) in [5.74, 6) is 0.0328. The van der Waals surface area contributed by atoms with Gasteiger partial charge in [0.25, 0.3) is 0 Å². The predicted molar refractivity (Wildman–Crippen MR) is 160 cm³/mol. The van der Waals surface area contributed by atoms with Gasteiger partial charge in [-0.05, 0) is 67.9 Å². The Kier molecular flexibility index (Phi) is 12.4. The molecule has 1 heterocycles. The Morgan fingerprint density at radius 1 is 1.07 bits per heavy atom. The fraction of sp³-hybridized carbons (Fsp3) is 0.448. The van der Waals surface area contributed by atoms with E-state index in [4.69, 9.17) is 16.9 Å². The number of hydrogen-bond acceptors (Lipinski definition) is 6. The summed E-state index contributed by atoms with van der Waals surface area (Å²) in [7, 11) is -0.113. The van der Waals surface area contributed by atoms with Gasteiger partial charge in [0.1, 0.15) is 22.9 Å². The number of carbonyl (C=O) groups excluding carboxylic acids is 3. The first kappa shape index (κ1) is 31.9. The van der Waals surface area contributed by atoms with Crippen LogP contribution in [0.15, 0.2) is 53.4 Å². The summed E-state index contributed by atoms with van der Waals surface area (Å²) in [4.78, 5) is 39.5. The Bertz CT molecular complexity index is 1250. The number of carbonyl (C=O) groups is 3. The third-order valence-corrected chi connectivity index (χ3v) is 8.33. The summed E-state index contributed by atoms with van der Waals surface area (Å²) in [5, 5.41) is 13.1. The molecule has 12 heteroatoms. The van der Waals surface area contributed by atoms with Crippen LogP contribution in [-0.4, -0.2) is 65.4 Å². The van der Waals surface area contributed by atoms with Gasteiger partial charge in [0.05, 0.1) is 4.90 Å². The highest BCUT2D eigenvalue weighted by Gasteiger charge is 2.30. The van der Waals surface area contributed by atoms with Gasteiger partial charge in [-0.1, -0.05) is 24.3 Å². The van der Waals surface area contributed by atoms with E-state index in [-0.39, 0.29) is 42.9 Å². The summed E-state index contributed by atoms with van der Waals surface area (Å²) < 4.78 is 16.4. The van der Waals surface area contributed by atoms with Crippen LogP contribution >= 0.6 is 0 Å². The summed E-state index contributed by atoms with van der Waals surface area (Å²) in [6, 6.07) is 13.0. The molecule has 222 valence electrons. The van der Waals surface area contributed by atoms with Crippen LogP contribution in [0.5, 0.6) is 0 Å². The normalized spacial score (nSPS) is 15.1. The highest BCUT2D eigenvalue weighted by Crippen LogP contribution is 2.24. The van der Waals surface area contributed by atoms with E-state index in [0.717, 1.165) is 31.2 Å². The quantitative estimate of drug-likeness (QED) is 0.145. The first-order chi connectivity index (χ1) is 19.7. The molecule has 1 aliphatic rings. The van der Waals surface area contributed by atoms with E-state index in [2.05, 4.69) is 15.4 Å². The molecule has 3 amide bonds. The third kappa shape index (κ3) is 10.1. The lowest BCUT2D eigenvalue weighted by molar-refractivity contribution is -0.134. The largest absolute Gasteiger partial charge is 0.384 e. The van der Waals surface area contributed by atoms with Gasteiger partial charge < -0.3 is 27.0 Å². The molecule has 2 aromatic rings. The van der Waals surface area contributed by atoms with E-state index >= 15 is 0 Å². The van der Waals surface area contributed by atoms with Crippen LogP contribution in [0.4, 0.5) is 5.69 Å². The molecule has 11 nitrogen and oxygen atoms in total. The molecule has 2 aromatic carbocycles. The van der Waals surface area contributed by atoms with Gasteiger partial charge >= 0.3 is 0 Å². The van der Waals surface area contributed by atoms with Crippen molar-refractivity contribution in [2.24, 2.45) is 17.4 Å². The summed E-state index contributed by atoms with van der Waals surface area (Å²) in [5.41, 5.74) is 12.9. The maximum atomic E-state index is 13.8. The predicted octanol–water partition coefficient (Wildman–Crippen LogP) is 1.64. The Morgan fingerprint density at radius 2 is 1.80 bits per heavy atom. The van der Waals surface area contributed by atoms with Crippen LogP contribution in [0.2, 0.25) is 0 Å². The lowest BCUT2D eigenvalue weighted by Crippen LogP contribution is -2.50. The number of likely N-dealkylation sites (tertiary alicyclic amines) is 1. The molecule has 1 saturated heterocycles. The monoisotopic (exact) mass is 583 g/mol. The van der Waals surface area contributed by atoms with Crippen LogP contribution < -0.4 is 26.8 Å². The number of nitrogens with one attached hydrogen (secondary N) is 4. The van der Waals surface area contributed by atoms with Crippen molar-refractivity contribution in [2.75, 3.05) is 32.0 Å². The Morgan fingerprint density at radius 3 is 2.49 bits per heavy atom. The SMILES string of the molecule is CNC(=O)CCCC1CCN(C(=O)[C@H](Cc2cccc(C(=N)N)c2)NS(=O)c2cccc(NC(=O)CCN)c2)CC1. The molecule has 41 heavy (non-hydrogen) atoms. The Labute approximate surface area is 243 Å². The van der Waals surface area contributed by atoms with Crippen molar-refractivity contribution < 1.29 is 18.6 Å². The number of anilines is 1. The van der Waals surface area contributed by atoms with Gasteiger partial charge in [0.15, 0.2) is 0 Å². The van der Waals surface area contributed by atoms with Crippen LogP contribution in [0.25, 0.3) is 0 Å². The van der Waals surface area contributed by atoms with Crippen molar-refractivity contribution in [1.29, 1.82) is 5.41 Å². The van der Waals surface area contributed by atoms with Crippen LogP contribution in [0.3, 0.4) is 0 Å². The summed E-state index contributed by atoms with van der Waals surface area (Å²) in [6.07, 6.45) is 4.39. The first-order valence-corrected chi connectivity index (χ1v) is 15.1. The number of piperidine rings is 1. The van der Waals surface area contributed by atoms with Crippen molar-refractivity contribution in [1.82, 2.24) is 14.9 Å². The lowest BCUT2D eigenvalue weighted by Gasteiger charge is -2.34. The molecule has 1 fully saturated rings. The fourth-order valence-corrected chi connectivity index (χ4v) is 5.88. The summed E-state index contributed by atoms with van der Waals surface area (Å²) in [6.45, 7) is 1.40. The number of nitrogens with zero attached hydrogens (tertiary/aromatic N) is 1. The van der Waals surface area contributed by atoms with Gasteiger partial charge in [-0.25, -0.2) is 8.93 Å². The molecule has 0 saturated carbocycles. The van der Waals surface area contributed by atoms with Crippen molar-refractivity contribution in [3.63, 3.8) is 0 Å². The molecule has 3 rings (SSSR count). The zero-order valence-corrected chi connectivity index (χ0v) is 24.3. The number of amidine groups is 1. The molecule has 0 aliphatic carbocycles. The third-order valence-electron chi connectivity index (χ3n) is 7.15. The van der Waals surface area contributed by atoms with Gasteiger partial charge in [0.2, 0.25) is 17.7 Å². The highest BCUT2D eigenvalue weighted by atomic mass is 32.2.